The Morgan fingerprint density at radius 1 is 1.17 bits per heavy atom. The van der Waals surface area contributed by atoms with Gasteiger partial charge in [0.15, 0.2) is 6.10 Å². The van der Waals surface area contributed by atoms with Crippen LogP contribution in [0.3, 0.4) is 0 Å². The van der Waals surface area contributed by atoms with E-state index in [-0.39, 0.29) is 17.3 Å². The largest absolute Gasteiger partial charge is 0.452 e. The summed E-state index contributed by atoms with van der Waals surface area (Å²) in [5, 5.41) is 2.81. The van der Waals surface area contributed by atoms with Gasteiger partial charge in [-0.25, -0.2) is 4.39 Å². The first-order valence-electron chi connectivity index (χ1n) is 8.43. The van der Waals surface area contributed by atoms with Crippen molar-refractivity contribution in [2.75, 3.05) is 0 Å². The first-order valence-corrected chi connectivity index (χ1v) is 8.43. The van der Waals surface area contributed by atoms with Crippen LogP contribution in [0.1, 0.15) is 58.9 Å². The summed E-state index contributed by atoms with van der Waals surface area (Å²) >= 11 is 0. The maximum atomic E-state index is 13.2. The van der Waals surface area contributed by atoms with Crippen LogP contribution in [-0.4, -0.2) is 23.5 Å². The summed E-state index contributed by atoms with van der Waals surface area (Å²) in [4.78, 5) is 25.0. The van der Waals surface area contributed by atoms with Gasteiger partial charge in [-0.1, -0.05) is 25.0 Å². The highest BCUT2D eigenvalue weighted by atomic mass is 19.1. The molecule has 0 unspecified atom stereocenters. The molecule has 1 amide bonds. The summed E-state index contributed by atoms with van der Waals surface area (Å²) in [7, 11) is 0. The minimum Gasteiger partial charge on any atom is -0.452 e. The van der Waals surface area contributed by atoms with E-state index >= 15 is 0 Å². The highest BCUT2D eigenvalue weighted by molar-refractivity contribution is 5.88. The zero-order valence-electron chi connectivity index (χ0n) is 14.8. The summed E-state index contributed by atoms with van der Waals surface area (Å²) in [6, 6.07) is 6.00. The van der Waals surface area contributed by atoms with E-state index < -0.39 is 17.5 Å². The molecule has 0 aromatic heterocycles. The standard InChI is InChI=1S/C19H26FNO3/c1-13(16(22)21-18(2,3)4)24-17(23)19(11-5-6-12-19)14-7-9-15(20)10-8-14/h7-10,13H,5-6,11-12H2,1-4H3,(H,21,22)/t13-/m1/s1. The molecule has 1 aromatic carbocycles. The third kappa shape index (κ3) is 4.13. The molecule has 0 heterocycles. The molecular formula is C19H26FNO3. The maximum Gasteiger partial charge on any atom is 0.317 e. The highest BCUT2D eigenvalue weighted by Crippen LogP contribution is 2.42. The normalized spacial score (nSPS) is 18.0. The summed E-state index contributed by atoms with van der Waals surface area (Å²) < 4.78 is 18.7. The van der Waals surface area contributed by atoms with Gasteiger partial charge in [0.2, 0.25) is 0 Å². The minimum absolute atomic E-state index is 0.317. The molecule has 1 aliphatic rings. The quantitative estimate of drug-likeness (QED) is 0.857. The molecule has 5 heteroatoms. The third-order valence-corrected chi connectivity index (χ3v) is 4.40. The smallest absolute Gasteiger partial charge is 0.317 e. The second kappa shape index (κ2) is 6.91. The number of esters is 1. The van der Waals surface area contributed by atoms with E-state index in [2.05, 4.69) is 5.32 Å². The zero-order chi connectivity index (χ0) is 18.0. The Balaban J connectivity index is 2.15. The molecule has 0 bridgehead atoms. The molecule has 1 fully saturated rings. The Hall–Kier alpha value is -1.91. The Labute approximate surface area is 142 Å². The molecule has 1 saturated carbocycles. The van der Waals surface area contributed by atoms with E-state index in [1.165, 1.54) is 12.1 Å². The topological polar surface area (TPSA) is 55.4 Å². The predicted octanol–water partition coefficient (Wildman–Crippen LogP) is 3.48. The van der Waals surface area contributed by atoms with Gasteiger partial charge in [0.1, 0.15) is 5.82 Å². The van der Waals surface area contributed by atoms with E-state index in [0.29, 0.717) is 12.8 Å². The van der Waals surface area contributed by atoms with Crippen LogP contribution in [0, 0.1) is 5.82 Å². The van der Waals surface area contributed by atoms with Crippen molar-refractivity contribution in [3.05, 3.63) is 35.6 Å². The first-order chi connectivity index (χ1) is 11.1. The van der Waals surface area contributed by atoms with Crippen molar-refractivity contribution < 1.29 is 18.7 Å². The SMILES string of the molecule is C[C@@H](OC(=O)C1(c2ccc(F)cc2)CCCC1)C(=O)NC(C)(C)C. The van der Waals surface area contributed by atoms with Gasteiger partial charge in [0, 0.05) is 5.54 Å². The number of hydrogen-bond acceptors (Lipinski definition) is 3. The van der Waals surface area contributed by atoms with E-state index in [1.807, 2.05) is 20.8 Å². The summed E-state index contributed by atoms with van der Waals surface area (Å²) in [6.07, 6.45) is 2.27. The van der Waals surface area contributed by atoms with Crippen LogP contribution in [0.5, 0.6) is 0 Å². The molecule has 4 nitrogen and oxygen atoms in total. The Morgan fingerprint density at radius 3 is 2.21 bits per heavy atom. The third-order valence-electron chi connectivity index (χ3n) is 4.40. The van der Waals surface area contributed by atoms with Crippen LogP contribution >= 0.6 is 0 Å². The Morgan fingerprint density at radius 2 is 1.71 bits per heavy atom. The second-order valence-electron chi connectivity index (χ2n) is 7.58. The number of nitrogens with one attached hydrogen (secondary N) is 1. The number of carbonyl (C=O) groups excluding carboxylic acids is 2. The lowest BCUT2D eigenvalue weighted by Gasteiger charge is -2.29. The molecule has 1 aromatic rings. The van der Waals surface area contributed by atoms with Crippen molar-refractivity contribution in [1.29, 1.82) is 0 Å². The van der Waals surface area contributed by atoms with Crippen LogP contribution in [0.15, 0.2) is 24.3 Å². The number of ether oxygens (including phenoxy) is 1. The van der Waals surface area contributed by atoms with Crippen LogP contribution in [0.25, 0.3) is 0 Å². The van der Waals surface area contributed by atoms with Gasteiger partial charge >= 0.3 is 5.97 Å². The summed E-state index contributed by atoms with van der Waals surface area (Å²) in [5.41, 5.74) is -0.404. The van der Waals surface area contributed by atoms with Crippen LogP contribution in [0.4, 0.5) is 4.39 Å². The second-order valence-corrected chi connectivity index (χ2v) is 7.58. The van der Waals surface area contributed by atoms with Crippen molar-refractivity contribution in [1.82, 2.24) is 5.32 Å². The number of rotatable bonds is 4. The van der Waals surface area contributed by atoms with Gasteiger partial charge in [-0.05, 0) is 58.2 Å². The predicted molar refractivity (Wildman–Crippen MR) is 90.0 cm³/mol. The molecular weight excluding hydrogens is 309 g/mol. The number of amides is 1. The monoisotopic (exact) mass is 335 g/mol. The van der Waals surface area contributed by atoms with Gasteiger partial charge in [0.05, 0.1) is 5.41 Å². The lowest BCUT2D eigenvalue weighted by atomic mass is 9.79. The van der Waals surface area contributed by atoms with Gasteiger partial charge in [-0.15, -0.1) is 0 Å². The van der Waals surface area contributed by atoms with Crippen LogP contribution < -0.4 is 5.32 Å². The van der Waals surface area contributed by atoms with E-state index in [1.54, 1.807) is 19.1 Å². The van der Waals surface area contributed by atoms with Crippen molar-refractivity contribution in [3.63, 3.8) is 0 Å². The number of benzene rings is 1. The first kappa shape index (κ1) is 18.4. The van der Waals surface area contributed by atoms with Crippen LogP contribution in [0.2, 0.25) is 0 Å². The molecule has 0 saturated heterocycles. The van der Waals surface area contributed by atoms with Crippen molar-refractivity contribution in [2.45, 2.75) is 70.4 Å². The average Bonchev–Trinajstić information content (AvgIpc) is 2.97. The van der Waals surface area contributed by atoms with E-state index in [0.717, 1.165) is 18.4 Å². The van der Waals surface area contributed by atoms with E-state index in [9.17, 15) is 14.0 Å². The lowest BCUT2D eigenvalue weighted by molar-refractivity contribution is -0.161. The maximum absolute atomic E-state index is 13.2. The fourth-order valence-electron chi connectivity index (χ4n) is 3.16. The van der Waals surface area contributed by atoms with Crippen LogP contribution in [-0.2, 0) is 19.7 Å². The summed E-state index contributed by atoms with van der Waals surface area (Å²) in [6.45, 7) is 7.19. The molecule has 1 atom stereocenters. The van der Waals surface area contributed by atoms with Gasteiger partial charge in [-0.2, -0.15) is 0 Å². The van der Waals surface area contributed by atoms with Gasteiger partial charge < -0.3 is 10.1 Å². The molecule has 1 N–H and O–H groups in total. The fourth-order valence-corrected chi connectivity index (χ4v) is 3.16. The van der Waals surface area contributed by atoms with Gasteiger partial charge in [0.25, 0.3) is 5.91 Å². The zero-order valence-corrected chi connectivity index (χ0v) is 14.8. The van der Waals surface area contributed by atoms with Gasteiger partial charge in [-0.3, -0.25) is 9.59 Å². The summed E-state index contributed by atoms with van der Waals surface area (Å²) in [5.74, 6) is -1.05. The molecule has 132 valence electrons. The molecule has 2 rings (SSSR count). The number of halogens is 1. The fraction of sp³-hybridized carbons (Fsp3) is 0.579. The molecule has 1 aliphatic carbocycles. The van der Waals surface area contributed by atoms with Crippen molar-refractivity contribution >= 4 is 11.9 Å². The van der Waals surface area contributed by atoms with Crippen molar-refractivity contribution in [2.24, 2.45) is 0 Å². The Bertz CT molecular complexity index is 598. The minimum atomic E-state index is -0.866. The molecule has 0 spiro atoms. The molecule has 0 radical (unpaired) electrons. The lowest BCUT2D eigenvalue weighted by Crippen LogP contribution is -2.47. The molecule has 24 heavy (non-hydrogen) atoms. The highest BCUT2D eigenvalue weighted by Gasteiger charge is 2.45. The average molecular weight is 335 g/mol. The van der Waals surface area contributed by atoms with E-state index in [4.69, 9.17) is 4.74 Å². The molecule has 0 aliphatic heterocycles. The van der Waals surface area contributed by atoms with Crippen molar-refractivity contribution in [3.8, 4) is 0 Å². The number of hydrogen-bond donors (Lipinski definition) is 1. The number of carbonyl (C=O) groups is 2. The Kier molecular flexibility index (Phi) is 5.31.